The fourth-order valence-electron chi connectivity index (χ4n) is 2.73. The molecule has 0 bridgehead atoms. The van der Waals surface area contributed by atoms with E-state index in [1.165, 1.54) is 5.56 Å². The van der Waals surface area contributed by atoms with Crippen molar-refractivity contribution in [1.29, 1.82) is 0 Å². The molecular weight excluding hydrogens is 236 g/mol. The lowest BCUT2D eigenvalue weighted by molar-refractivity contribution is 0.177. The van der Waals surface area contributed by atoms with Crippen LogP contribution in [0.3, 0.4) is 0 Å². The molecule has 19 heavy (non-hydrogen) atoms. The Morgan fingerprint density at radius 2 is 1.63 bits per heavy atom. The Kier molecular flexibility index (Phi) is 3.91. The number of hydrogen-bond donors (Lipinski definition) is 2. The number of aromatic hydroxyl groups is 1. The van der Waals surface area contributed by atoms with Gasteiger partial charge in [-0.25, -0.2) is 0 Å². The van der Waals surface area contributed by atoms with Gasteiger partial charge in [0.15, 0.2) is 0 Å². The zero-order valence-electron chi connectivity index (χ0n) is 11.6. The second-order valence-corrected chi connectivity index (χ2v) is 5.20. The van der Waals surface area contributed by atoms with Gasteiger partial charge in [0.2, 0.25) is 0 Å². The van der Waals surface area contributed by atoms with Gasteiger partial charge in [0, 0.05) is 6.42 Å². The first-order valence-corrected chi connectivity index (χ1v) is 6.51. The average molecular weight is 256 g/mol. The van der Waals surface area contributed by atoms with Crippen LogP contribution in [0.5, 0.6) is 5.75 Å². The standard InChI is InChI=1S/C17H20O2/c1-11-7-12(2)17(13(3)8-11)16(19)10-14-5-4-6-15(18)9-14/h4-9,16,18-19H,10H2,1-3H3. The summed E-state index contributed by atoms with van der Waals surface area (Å²) in [5.74, 6) is 0.238. The van der Waals surface area contributed by atoms with Gasteiger partial charge < -0.3 is 10.2 Å². The Balaban J connectivity index is 2.28. The molecule has 2 heteroatoms. The van der Waals surface area contributed by atoms with Crippen LogP contribution in [0.25, 0.3) is 0 Å². The summed E-state index contributed by atoms with van der Waals surface area (Å²) < 4.78 is 0. The molecule has 0 radical (unpaired) electrons. The topological polar surface area (TPSA) is 40.5 Å². The Hall–Kier alpha value is -1.80. The van der Waals surface area contributed by atoms with Crippen molar-refractivity contribution in [3.05, 3.63) is 64.2 Å². The summed E-state index contributed by atoms with van der Waals surface area (Å²) in [6, 6.07) is 11.2. The fraction of sp³-hybridized carbons (Fsp3) is 0.294. The van der Waals surface area contributed by atoms with Gasteiger partial charge in [-0.3, -0.25) is 0 Å². The minimum absolute atomic E-state index is 0.238. The zero-order chi connectivity index (χ0) is 14.0. The number of phenolic OH excluding ortho intramolecular Hbond substituents is 1. The van der Waals surface area contributed by atoms with Crippen LogP contribution in [-0.4, -0.2) is 10.2 Å². The molecule has 0 aliphatic heterocycles. The Morgan fingerprint density at radius 3 is 2.21 bits per heavy atom. The molecule has 0 amide bonds. The summed E-state index contributed by atoms with van der Waals surface area (Å²) in [5.41, 5.74) is 5.37. The van der Waals surface area contributed by atoms with E-state index < -0.39 is 6.10 Å². The molecule has 2 nitrogen and oxygen atoms in total. The SMILES string of the molecule is Cc1cc(C)c(C(O)Cc2cccc(O)c2)c(C)c1. The smallest absolute Gasteiger partial charge is 0.115 e. The van der Waals surface area contributed by atoms with Gasteiger partial charge >= 0.3 is 0 Å². The number of benzene rings is 2. The van der Waals surface area contributed by atoms with Crippen LogP contribution >= 0.6 is 0 Å². The van der Waals surface area contributed by atoms with E-state index in [2.05, 4.69) is 19.1 Å². The van der Waals surface area contributed by atoms with Crippen molar-refractivity contribution in [3.8, 4) is 5.75 Å². The van der Waals surface area contributed by atoms with Crippen LogP contribution in [0.15, 0.2) is 36.4 Å². The molecule has 0 spiro atoms. The zero-order valence-corrected chi connectivity index (χ0v) is 11.6. The maximum atomic E-state index is 10.4. The van der Waals surface area contributed by atoms with Crippen molar-refractivity contribution in [2.45, 2.75) is 33.3 Å². The van der Waals surface area contributed by atoms with Gasteiger partial charge in [-0.1, -0.05) is 29.8 Å². The third-order valence-electron chi connectivity index (χ3n) is 3.41. The van der Waals surface area contributed by atoms with Gasteiger partial charge in [0.1, 0.15) is 5.75 Å². The summed E-state index contributed by atoms with van der Waals surface area (Å²) in [6.45, 7) is 6.12. The molecule has 0 saturated carbocycles. The second kappa shape index (κ2) is 5.45. The molecule has 100 valence electrons. The van der Waals surface area contributed by atoms with Gasteiger partial charge in [0.05, 0.1) is 6.10 Å². The molecule has 2 rings (SSSR count). The van der Waals surface area contributed by atoms with Crippen LogP contribution in [0.2, 0.25) is 0 Å². The minimum Gasteiger partial charge on any atom is -0.508 e. The monoisotopic (exact) mass is 256 g/mol. The second-order valence-electron chi connectivity index (χ2n) is 5.20. The van der Waals surface area contributed by atoms with Crippen LogP contribution in [0, 0.1) is 20.8 Å². The largest absolute Gasteiger partial charge is 0.508 e. The number of rotatable bonds is 3. The summed E-state index contributed by atoms with van der Waals surface area (Å²) in [4.78, 5) is 0. The molecule has 0 saturated heterocycles. The van der Waals surface area contributed by atoms with Crippen molar-refractivity contribution in [2.24, 2.45) is 0 Å². The van der Waals surface area contributed by atoms with E-state index in [0.29, 0.717) is 6.42 Å². The van der Waals surface area contributed by atoms with E-state index in [1.54, 1.807) is 18.2 Å². The van der Waals surface area contributed by atoms with E-state index in [4.69, 9.17) is 0 Å². The third-order valence-corrected chi connectivity index (χ3v) is 3.41. The number of aliphatic hydroxyl groups excluding tert-OH is 1. The Labute approximate surface area is 114 Å². The van der Waals surface area contributed by atoms with Gasteiger partial charge in [-0.2, -0.15) is 0 Å². The van der Waals surface area contributed by atoms with Crippen molar-refractivity contribution in [2.75, 3.05) is 0 Å². The number of aliphatic hydroxyl groups is 1. The molecule has 2 aromatic rings. The number of aryl methyl sites for hydroxylation is 3. The highest BCUT2D eigenvalue weighted by atomic mass is 16.3. The number of phenols is 1. The fourth-order valence-corrected chi connectivity index (χ4v) is 2.73. The lowest BCUT2D eigenvalue weighted by Crippen LogP contribution is -2.06. The average Bonchev–Trinajstić information content (AvgIpc) is 2.27. The first-order valence-electron chi connectivity index (χ1n) is 6.51. The lowest BCUT2D eigenvalue weighted by Gasteiger charge is -2.17. The molecule has 2 aromatic carbocycles. The molecular formula is C17H20O2. The highest BCUT2D eigenvalue weighted by Gasteiger charge is 2.14. The predicted molar refractivity (Wildman–Crippen MR) is 77.4 cm³/mol. The highest BCUT2D eigenvalue weighted by molar-refractivity contribution is 5.40. The van der Waals surface area contributed by atoms with Gasteiger partial charge in [-0.15, -0.1) is 0 Å². The predicted octanol–water partition coefficient (Wildman–Crippen LogP) is 3.59. The van der Waals surface area contributed by atoms with Gasteiger partial charge in [-0.05, 0) is 55.2 Å². The molecule has 1 atom stereocenters. The van der Waals surface area contributed by atoms with Crippen molar-refractivity contribution >= 4 is 0 Å². The molecule has 0 aromatic heterocycles. The summed E-state index contributed by atoms with van der Waals surface area (Å²) in [7, 11) is 0. The van der Waals surface area contributed by atoms with E-state index in [-0.39, 0.29) is 5.75 Å². The number of hydrogen-bond acceptors (Lipinski definition) is 2. The molecule has 0 aliphatic carbocycles. The molecule has 2 N–H and O–H groups in total. The van der Waals surface area contributed by atoms with Crippen molar-refractivity contribution in [3.63, 3.8) is 0 Å². The van der Waals surface area contributed by atoms with Crippen LogP contribution in [0.4, 0.5) is 0 Å². The van der Waals surface area contributed by atoms with Crippen molar-refractivity contribution < 1.29 is 10.2 Å². The maximum Gasteiger partial charge on any atom is 0.115 e. The maximum absolute atomic E-state index is 10.4. The van der Waals surface area contributed by atoms with Crippen LogP contribution in [0.1, 0.15) is 33.9 Å². The Morgan fingerprint density at radius 1 is 1.00 bits per heavy atom. The van der Waals surface area contributed by atoms with E-state index in [1.807, 2.05) is 19.9 Å². The third kappa shape index (κ3) is 3.15. The molecule has 0 aliphatic rings. The minimum atomic E-state index is -0.539. The van der Waals surface area contributed by atoms with Crippen LogP contribution in [-0.2, 0) is 6.42 Å². The summed E-state index contributed by atoms with van der Waals surface area (Å²) in [5, 5.41) is 19.9. The molecule has 0 heterocycles. The first-order chi connectivity index (χ1) is 8.97. The first kappa shape index (κ1) is 13.6. The van der Waals surface area contributed by atoms with E-state index >= 15 is 0 Å². The van der Waals surface area contributed by atoms with Crippen molar-refractivity contribution in [1.82, 2.24) is 0 Å². The highest BCUT2D eigenvalue weighted by Crippen LogP contribution is 2.27. The normalized spacial score (nSPS) is 12.4. The van der Waals surface area contributed by atoms with Gasteiger partial charge in [0.25, 0.3) is 0 Å². The Bertz CT molecular complexity index is 565. The lowest BCUT2D eigenvalue weighted by atomic mass is 9.92. The quantitative estimate of drug-likeness (QED) is 0.881. The molecule has 1 unspecified atom stereocenters. The van der Waals surface area contributed by atoms with E-state index in [0.717, 1.165) is 22.3 Å². The molecule has 0 fully saturated rings. The summed E-state index contributed by atoms with van der Waals surface area (Å²) in [6.07, 6.45) is -0.0264. The van der Waals surface area contributed by atoms with Crippen LogP contribution < -0.4 is 0 Å². The van der Waals surface area contributed by atoms with E-state index in [9.17, 15) is 10.2 Å². The summed E-state index contributed by atoms with van der Waals surface area (Å²) >= 11 is 0.